The van der Waals surface area contributed by atoms with Crippen LogP contribution in [0.3, 0.4) is 0 Å². The molecule has 0 amide bonds. The van der Waals surface area contributed by atoms with Crippen LogP contribution in [-0.4, -0.2) is 39.9 Å². The Balaban J connectivity index is 0.000000172. The normalized spacial score (nSPS) is 9.95. The van der Waals surface area contributed by atoms with Gasteiger partial charge < -0.3 is 39.9 Å². The van der Waals surface area contributed by atoms with Crippen molar-refractivity contribution in [3.05, 3.63) is 531 Å². The molecular formula is C122H100Ir4N8-8. The van der Waals surface area contributed by atoms with Crippen LogP contribution >= 0.6 is 0 Å². The van der Waals surface area contributed by atoms with E-state index < -0.39 is 0 Å². The van der Waals surface area contributed by atoms with E-state index in [-0.39, 0.29) is 80.4 Å². The van der Waals surface area contributed by atoms with Crippen molar-refractivity contribution in [3.8, 4) is 135 Å². The van der Waals surface area contributed by atoms with Gasteiger partial charge in [-0.25, -0.2) is 0 Å². The fraction of sp³-hybridized carbons (Fsp3) is 0.0820. The van der Waals surface area contributed by atoms with Crippen LogP contribution in [0, 0.1) is 83.1 Å². The Hall–Kier alpha value is -13.6. The summed E-state index contributed by atoms with van der Waals surface area (Å²) in [4.78, 5) is 35.0. The van der Waals surface area contributed by atoms with Crippen molar-refractivity contribution < 1.29 is 80.4 Å². The summed E-state index contributed by atoms with van der Waals surface area (Å²) in [7, 11) is 0. The van der Waals surface area contributed by atoms with Gasteiger partial charge in [0.25, 0.3) is 0 Å². The summed E-state index contributed by atoms with van der Waals surface area (Å²) in [6, 6.07) is 158. The van der Waals surface area contributed by atoms with Gasteiger partial charge in [0, 0.05) is 130 Å². The molecule has 0 saturated heterocycles. The second-order valence-electron chi connectivity index (χ2n) is 30.9. The molecule has 8 aromatic heterocycles. The quantitative estimate of drug-likeness (QED) is 0.0992. The van der Waals surface area contributed by atoms with Gasteiger partial charge in [0.05, 0.1) is 0 Å². The van der Waals surface area contributed by atoms with Crippen LogP contribution in [0.2, 0.25) is 0 Å². The zero-order chi connectivity index (χ0) is 90.1. The molecule has 0 spiro atoms. The molecule has 20 aromatic rings. The van der Waals surface area contributed by atoms with Gasteiger partial charge in [-0.3, -0.25) is 0 Å². The smallest absolute Gasteiger partial charge is 0.0190 e. The van der Waals surface area contributed by atoms with Gasteiger partial charge in [0.2, 0.25) is 0 Å². The Morgan fingerprint density at radius 2 is 0.418 bits per heavy atom. The van der Waals surface area contributed by atoms with Crippen molar-refractivity contribution in [2.24, 2.45) is 0 Å². The van der Waals surface area contributed by atoms with E-state index in [2.05, 4.69) is 256 Å². The Bertz CT molecular complexity index is 6290. The maximum absolute atomic E-state index is 4.45. The summed E-state index contributed by atoms with van der Waals surface area (Å²) in [5, 5.41) is 0. The monoisotopic (exact) mass is 2450 g/mol. The molecule has 0 aliphatic rings. The van der Waals surface area contributed by atoms with E-state index in [4.69, 9.17) is 0 Å². The van der Waals surface area contributed by atoms with Gasteiger partial charge in [-0.2, -0.15) is 0 Å². The third-order valence-corrected chi connectivity index (χ3v) is 20.7. The average Bonchev–Trinajstić information content (AvgIpc) is 0.835. The van der Waals surface area contributed by atoms with Crippen LogP contribution in [0.15, 0.2) is 444 Å². The van der Waals surface area contributed by atoms with E-state index >= 15 is 0 Å². The summed E-state index contributed by atoms with van der Waals surface area (Å²) in [6.07, 6.45) is 16.0. The Morgan fingerprint density at radius 1 is 0.201 bits per heavy atom. The zero-order valence-electron chi connectivity index (χ0n) is 75.8. The first-order chi connectivity index (χ1) is 63.8. The summed E-state index contributed by atoms with van der Waals surface area (Å²) in [5.41, 5.74) is 34.3. The van der Waals surface area contributed by atoms with Crippen molar-refractivity contribution >= 4 is 0 Å². The summed E-state index contributed by atoms with van der Waals surface area (Å²) in [6.45, 7) is 16.8. The van der Waals surface area contributed by atoms with E-state index in [1.807, 2.05) is 332 Å². The standard InChI is InChI=1S/C20H18N.C19H16N.C18H14N.C17H12N.4C12H10N.4Ir/c1-15(2)16-8-10-17(11-9-16)19-12-13-21-20(14-19)18-6-4-3-5-7-18;1-2-15-8-10-16(11-9-15)18-12-13-20-19(14-18)17-6-4-3-5-7-17;1-14-7-9-15(10-8-14)17-11-12-19-18(13-17)16-5-3-2-4-6-16;1-3-7-14(8-4-1)16-11-12-18-17(13-16)15-9-5-2-6-10-15;4*1-10-7-8-12(13-9-10)11-5-3-2-4-6-11;;;;/h3-6,8-15H,1-2H3;3-6,8-14H,2H2,1H3;2-5,7-13H,1H3;1-9,11-13H;4*2-5,7-9H,1H3;;;;/q8*-1;;;;. The molecule has 0 unspecified atom stereocenters. The van der Waals surface area contributed by atoms with Gasteiger partial charge in [0.1, 0.15) is 0 Å². The van der Waals surface area contributed by atoms with Crippen molar-refractivity contribution in [3.63, 3.8) is 0 Å². The molecular weight excluding hydrogens is 2350 g/mol. The van der Waals surface area contributed by atoms with E-state index in [1.165, 1.54) is 83.5 Å². The minimum atomic E-state index is 0. The molecule has 0 aliphatic carbocycles. The van der Waals surface area contributed by atoms with Gasteiger partial charge in [0.15, 0.2) is 0 Å². The third-order valence-electron chi connectivity index (χ3n) is 20.7. The number of aromatic nitrogens is 8. The number of hydrogen-bond donors (Lipinski definition) is 0. The molecule has 4 radical (unpaired) electrons. The molecule has 134 heavy (non-hydrogen) atoms. The summed E-state index contributed by atoms with van der Waals surface area (Å²) >= 11 is 0. The van der Waals surface area contributed by atoms with Crippen molar-refractivity contribution in [2.45, 2.75) is 67.7 Å². The Kier molecular flexibility index (Phi) is 43.8. The molecule has 672 valence electrons. The molecule has 12 aromatic carbocycles. The first-order valence-corrected chi connectivity index (χ1v) is 43.4. The molecule has 12 heteroatoms. The minimum Gasteiger partial charge on any atom is -0.305 e. The SMILES string of the molecule is CC(C)c1ccc(-c2ccnc(-c3[c-]cccc3)c2)cc1.CCc1ccc(-c2ccnc(-c3[c-]cccc3)c2)cc1.Cc1ccc(-c2[c-]cccc2)nc1.Cc1ccc(-c2[c-]cccc2)nc1.Cc1ccc(-c2[c-]cccc2)nc1.Cc1ccc(-c2[c-]cccc2)nc1.Cc1ccc(-c2ccnc(-c3[c-]cccc3)c2)cc1.[Ir].[Ir].[Ir].[Ir].[c-]1ccccc1-c1cc(-c2ccccc2)ccn1. The van der Waals surface area contributed by atoms with Crippen LogP contribution in [0.4, 0.5) is 0 Å². The molecule has 8 heterocycles. The first-order valence-electron chi connectivity index (χ1n) is 43.4. The first kappa shape index (κ1) is 104. The van der Waals surface area contributed by atoms with E-state index in [9.17, 15) is 0 Å². The number of aryl methyl sites for hydroxylation is 6. The van der Waals surface area contributed by atoms with E-state index in [0.29, 0.717) is 5.92 Å². The molecule has 0 bridgehead atoms. The van der Waals surface area contributed by atoms with Crippen LogP contribution in [0.25, 0.3) is 135 Å². The van der Waals surface area contributed by atoms with Gasteiger partial charge in [-0.05, 0) is 195 Å². The van der Waals surface area contributed by atoms with Crippen molar-refractivity contribution in [1.82, 2.24) is 39.9 Å². The molecule has 0 fully saturated rings. The van der Waals surface area contributed by atoms with Gasteiger partial charge in [-0.15, -0.1) is 287 Å². The number of pyridine rings is 8. The maximum Gasteiger partial charge on any atom is 0.0190 e. The maximum atomic E-state index is 4.45. The van der Waals surface area contributed by atoms with E-state index in [1.54, 1.807) is 0 Å². The molecule has 0 aliphatic heterocycles. The van der Waals surface area contributed by atoms with Crippen molar-refractivity contribution in [2.75, 3.05) is 0 Å². The zero-order valence-corrected chi connectivity index (χ0v) is 85.4. The number of nitrogens with zero attached hydrogens (tertiary/aromatic N) is 8. The minimum absolute atomic E-state index is 0. The second kappa shape index (κ2) is 56.3. The van der Waals surface area contributed by atoms with E-state index in [0.717, 1.165) is 96.5 Å². The summed E-state index contributed by atoms with van der Waals surface area (Å²) in [5.74, 6) is 0.561. The van der Waals surface area contributed by atoms with Crippen molar-refractivity contribution in [1.29, 1.82) is 0 Å². The number of rotatable bonds is 14. The third kappa shape index (κ3) is 33.0. The van der Waals surface area contributed by atoms with Crippen LogP contribution in [-0.2, 0) is 86.8 Å². The van der Waals surface area contributed by atoms with Gasteiger partial charge >= 0.3 is 0 Å². The Morgan fingerprint density at radius 3 is 0.634 bits per heavy atom. The fourth-order valence-electron chi connectivity index (χ4n) is 13.3. The number of benzene rings is 12. The molecule has 0 saturated carbocycles. The van der Waals surface area contributed by atoms with Crippen LogP contribution < -0.4 is 0 Å². The topological polar surface area (TPSA) is 103 Å². The molecule has 8 nitrogen and oxygen atoms in total. The number of hydrogen-bond acceptors (Lipinski definition) is 8. The average molecular weight is 2450 g/mol. The molecule has 0 atom stereocenters. The fourth-order valence-corrected chi connectivity index (χ4v) is 13.3. The predicted molar refractivity (Wildman–Crippen MR) is 537 cm³/mol. The van der Waals surface area contributed by atoms with Crippen LogP contribution in [0.5, 0.6) is 0 Å². The molecule has 0 N–H and O–H groups in total. The second-order valence-corrected chi connectivity index (χ2v) is 30.9. The van der Waals surface area contributed by atoms with Gasteiger partial charge in [-0.1, -0.05) is 202 Å². The summed E-state index contributed by atoms with van der Waals surface area (Å²) < 4.78 is 0. The molecule has 20 rings (SSSR count). The van der Waals surface area contributed by atoms with Crippen LogP contribution in [0.1, 0.15) is 65.6 Å². The predicted octanol–water partition coefficient (Wildman–Crippen LogP) is 30.3. The largest absolute Gasteiger partial charge is 0.305 e. The Labute approximate surface area is 846 Å².